The first kappa shape index (κ1) is 20.0. The molecule has 0 aliphatic heterocycles. The number of carbonyl (C=O) groups is 1. The van der Waals surface area contributed by atoms with Crippen molar-refractivity contribution in [2.45, 2.75) is 39.0 Å². The van der Waals surface area contributed by atoms with Gasteiger partial charge < -0.3 is 11.1 Å². The van der Waals surface area contributed by atoms with Crippen LogP contribution in [0.1, 0.15) is 31.4 Å². The first-order chi connectivity index (χ1) is 12.2. The molecule has 0 unspecified atom stereocenters. The largest absolute Gasteiger partial charge is 0.416 e. The molecule has 6 heteroatoms. The fraction of sp³-hybridized carbons (Fsp3) is 0.350. The number of amides is 1. The zero-order valence-corrected chi connectivity index (χ0v) is 14.8. The molecule has 1 atom stereocenters. The average molecular weight is 364 g/mol. The van der Waals surface area contributed by atoms with Gasteiger partial charge in [-0.15, -0.1) is 0 Å². The summed E-state index contributed by atoms with van der Waals surface area (Å²) in [6.07, 6.45) is -3.67. The van der Waals surface area contributed by atoms with E-state index in [1.807, 2.05) is 38.1 Å². The minimum atomic E-state index is -4.33. The molecular formula is C20H23F3N2O. The van der Waals surface area contributed by atoms with Crippen LogP contribution in [0, 0.1) is 5.92 Å². The molecule has 0 heterocycles. The van der Waals surface area contributed by atoms with Crippen molar-refractivity contribution in [3.05, 3.63) is 59.7 Å². The highest BCUT2D eigenvalue weighted by Crippen LogP contribution is 2.31. The molecule has 2 aromatic carbocycles. The molecule has 0 saturated carbocycles. The summed E-state index contributed by atoms with van der Waals surface area (Å²) in [6, 6.07) is 12.2. The van der Waals surface area contributed by atoms with Gasteiger partial charge in [-0.05, 0) is 41.2 Å². The molecule has 26 heavy (non-hydrogen) atoms. The summed E-state index contributed by atoms with van der Waals surface area (Å²) in [6.45, 7) is 4.54. The highest BCUT2D eigenvalue weighted by molar-refractivity contribution is 5.79. The van der Waals surface area contributed by atoms with E-state index < -0.39 is 11.7 Å². The molecule has 3 N–H and O–H groups in total. The third kappa shape index (κ3) is 5.59. The zero-order valence-electron chi connectivity index (χ0n) is 14.8. The van der Waals surface area contributed by atoms with Gasteiger partial charge in [-0.1, -0.05) is 50.2 Å². The van der Waals surface area contributed by atoms with Crippen molar-refractivity contribution < 1.29 is 18.0 Å². The van der Waals surface area contributed by atoms with E-state index in [2.05, 4.69) is 5.32 Å². The molecule has 2 rings (SSSR count). The molecule has 0 radical (unpaired) electrons. The van der Waals surface area contributed by atoms with Crippen molar-refractivity contribution >= 4 is 5.91 Å². The Kier molecular flexibility index (Phi) is 6.42. The second kappa shape index (κ2) is 8.36. The average Bonchev–Trinajstić information content (AvgIpc) is 2.58. The molecule has 0 saturated heterocycles. The van der Waals surface area contributed by atoms with Gasteiger partial charge in [0.25, 0.3) is 0 Å². The van der Waals surface area contributed by atoms with Crippen molar-refractivity contribution in [2.24, 2.45) is 11.7 Å². The summed E-state index contributed by atoms with van der Waals surface area (Å²) < 4.78 is 37.9. The number of carbonyl (C=O) groups excluding carboxylic acids is 1. The van der Waals surface area contributed by atoms with Crippen LogP contribution in [-0.2, 0) is 17.5 Å². The van der Waals surface area contributed by atoms with Crippen LogP contribution in [0.3, 0.4) is 0 Å². The lowest BCUT2D eigenvalue weighted by Gasteiger charge is -2.17. The second-order valence-corrected chi connectivity index (χ2v) is 6.74. The highest BCUT2D eigenvalue weighted by atomic mass is 19.4. The maximum atomic E-state index is 12.6. The Balaban J connectivity index is 2.02. The van der Waals surface area contributed by atoms with Crippen molar-refractivity contribution in [3.8, 4) is 11.1 Å². The van der Waals surface area contributed by atoms with Crippen LogP contribution in [-0.4, -0.2) is 11.9 Å². The number of alkyl halides is 3. The SMILES string of the molecule is CC(C)C[C@@H](NCc1ccc(-c2ccc(C(F)(F)F)cc2)cc1)C(N)=O. The summed E-state index contributed by atoms with van der Waals surface area (Å²) in [5.74, 6) is -0.0258. The van der Waals surface area contributed by atoms with Gasteiger partial charge in [-0.25, -0.2) is 0 Å². The molecule has 0 bridgehead atoms. The van der Waals surface area contributed by atoms with Gasteiger partial charge in [0, 0.05) is 6.54 Å². The first-order valence-corrected chi connectivity index (χ1v) is 8.46. The van der Waals surface area contributed by atoms with Crippen molar-refractivity contribution in [3.63, 3.8) is 0 Å². The number of hydrogen-bond acceptors (Lipinski definition) is 2. The standard InChI is InChI=1S/C20H23F3N2O/c1-13(2)11-18(19(24)26)25-12-14-3-5-15(6-4-14)16-7-9-17(10-8-16)20(21,22)23/h3-10,13,18,25H,11-12H2,1-2H3,(H2,24,26)/t18-/m1/s1. The third-order valence-corrected chi connectivity index (χ3v) is 4.10. The summed E-state index contributed by atoms with van der Waals surface area (Å²) in [5.41, 5.74) is 7.26. The Morgan fingerprint density at radius 2 is 1.50 bits per heavy atom. The van der Waals surface area contributed by atoms with Crippen LogP contribution in [0.25, 0.3) is 11.1 Å². The summed E-state index contributed by atoms with van der Waals surface area (Å²) in [5, 5.41) is 3.15. The van der Waals surface area contributed by atoms with Crippen LogP contribution in [0.4, 0.5) is 13.2 Å². The number of rotatable bonds is 7. The molecule has 140 valence electrons. The molecule has 0 spiro atoms. The molecule has 0 fully saturated rings. The van der Waals surface area contributed by atoms with Gasteiger partial charge in [0.2, 0.25) is 5.91 Å². The third-order valence-electron chi connectivity index (χ3n) is 4.10. The van der Waals surface area contributed by atoms with Crippen LogP contribution < -0.4 is 11.1 Å². The van der Waals surface area contributed by atoms with Crippen molar-refractivity contribution in [1.29, 1.82) is 0 Å². The Morgan fingerprint density at radius 3 is 1.92 bits per heavy atom. The van der Waals surface area contributed by atoms with Gasteiger partial charge >= 0.3 is 6.18 Å². The molecule has 0 aliphatic carbocycles. The number of primary amides is 1. The van der Waals surface area contributed by atoms with Gasteiger partial charge in [0.15, 0.2) is 0 Å². The Morgan fingerprint density at radius 1 is 1.00 bits per heavy atom. The van der Waals surface area contributed by atoms with E-state index in [1.54, 1.807) is 0 Å². The Bertz CT molecular complexity index is 722. The first-order valence-electron chi connectivity index (χ1n) is 8.46. The zero-order chi connectivity index (χ0) is 19.3. The van der Waals surface area contributed by atoms with Crippen LogP contribution >= 0.6 is 0 Å². The minimum Gasteiger partial charge on any atom is -0.368 e. The second-order valence-electron chi connectivity index (χ2n) is 6.74. The number of halogens is 3. The number of nitrogens with two attached hydrogens (primary N) is 1. The van der Waals surface area contributed by atoms with Gasteiger partial charge in [-0.3, -0.25) is 4.79 Å². The normalized spacial score (nSPS) is 13.0. The van der Waals surface area contributed by atoms with Crippen molar-refractivity contribution in [2.75, 3.05) is 0 Å². The number of benzene rings is 2. The van der Waals surface area contributed by atoms with E-state index in [1.165, 1.54) is 12.1 Å². The van der Waals surface area contributed by atoms with Crippen LogP contribution in [0.2, 0.25) is 0 Å². The molecule has 0 aliphatic rings. The summed E-state index contributed by atoms with van der Waals surface area (Å²) in [7, 11) is 0. The molecule has 1 amide bonds. The predicted molar refractivity (Wildman–Crippen MR) is 96.2 cm³/mol. The lowest BCUT2D eigenvalue weighted by molar-refractivity contribution is -0.137. The van der Waals surface area contributed by atoms with Gasteiger partial charge in [-0.2, -0.15) is 13.2 Å². The van der Waals surface area contributed by atoms with Crippen LogP contribution in [0.15, 0.2) is 48.5 Å². The fourth-order valence-corrected chi connectivity index (χ4v) is 2.68. The lowest BCUT2D eigenvalue weighted by atomic mass is 10.0. The van der Waals surface area contributed by atoms with E-state index >= 15 is 0 Å². The van der Waals surface area contributed by atoms with Gasteiger partial charge in [0.05, 0.1) is 11.6 Å². The summed E-state index contributed by atoms with van der Waals surface area (Å²) >= 11 is 0. The van der Waals surface area contributed by atoms with E-state index in [-0.39, 0.29) is 11.9 Å². The van der Waals surface area contributed by atoms with Crippen molar-refractivity contribution in [1.82, 2.24) is 5.32 Å². The minimum absolute atomic E-state index is 0.349. The molecule has 0 aromatic heterocycles. The smallest absolute Gasteiger partial charge is 0.368 e. The van der Waals surface area contributed by atoms with E-state index in [0.29, 0.717) is 24.4 Å². The lowest BCUT2D eigenvalue weighted by Crippen LogP contribution is -2.41. The van der Waals surface area contributed by atoms with Crippen LogP contribution in [0.5, 0.6) is 0 Å². The molecule has 2 aromatic rings. The van der Waals surface area contributed by atoms with E-state index in [4.69, 9.17) is 5.73 Å². The number of nitrogens with one attached hydrogen (secondary N) is 1. The highest BCUT2D eigenvalue weighted by Gasteiger charge is 2.29. The van der Waals surface area contributed by atoms with Gasteiger partial charge in [0.1, 0.15) is 0 Å². The predicted octanol–water partition coefficient (Wildman–Crippen LogP) is 4.36. The van der Waals surface area contributed by atoms with E-state index in [9.17, 15) is 18.0 Å². The maximum Gasteiger partial charge on any atom is 0.416 e. The quantitative estimate of drug-likeness (QED) is 0.767. The Hall–Kier alpha value is -2.34. The maximum absolute atomic E-state index is 12.6. The summed E-state index contributed by atoms with van der Waals surface area (Å²) in [4.78, 5) is 11.5. The topological polar surface area (TPSA) is 55.1 Å². The molecular weight excluding hydrogens is 341 g/mol. The Labute approximate surface area is 151 Å². The fourth-order valence-electron chi connectivity index (χ4n) is 2.68. The monoisotopic (exact) mass is 364 g/mol. The van der Waals surface area contributed by atoms with E-state index in [0.717, 1.165) is 23.3 Å². The number of hydrogen-bond donors (Lipinski definition) is 2. The molecule has 3 nitrogen and oxygen atoms in total.